The third-order valence-electron chi connectivity index (χ3n) is 3.29. The Morgan fingerprint density at radius 2 is 1.84 bits per heavy atom. The zero-order valence-corrected chi connectivity index (χ0v) is 10.8. The molecule has 2 aliphatic heterocycles. The Bertz CT molecular complexity index is 469. The lowest BCUT2D eigenvalue weighted by Crippen LogP contribution is -2.56. The average Bonchev–Trinajstić information content (AvgIpc) is 2.36. The van der Waals surface area contributed by atoms with Crippen molar-refractivity contribution < 1.29 is 13.5 Å². The minimum absolute atomic E-state index is 0.258. The van der Waals surface area contributed by atoms with E-state index in [0.29, 0.717) is 25.0 Å². The third-order valence-corrected chi connectivity index (χ3v) is 3.29. The first-order chi connectivity index (χ1) is 9.03. The van der Waals surface area contributed by atoms with Crippen LogP contribution >= 0.6 is 0 Å². The molecule has 0 aromatic carbocycles. The van der Waals surface area contributed by atoms with Gasteiger partial charge in [-0.1, -0.05) is 0 Å². The number of rotatable bonds is 2. The molecule has 0 unspecified atom stereocenters. The second-order valence-electron chi connectivity index (χ2n) is 4.98. The number of hydrogen-bond donors (Lipinski definition) is 0. The molecule has 1 aromatic rings. The van der Waals surface area contributed by atoms with Gasteiger partial charge in [0, 0.05) is 24.8 Å². The van der Waals surface area contributed by atoms with E-state index in [4.69, 9.17) is 4.74 Å². The van der Waals surface area contributed by atoms with Gasteiger partial charge in [0.15, 0.2) is 0 Å². The van der Waals surface area contributed by atoms with E-state index in [0.717, 1.165) is 18.8 Å². The molecular formula is C12H16F2N4O. The van der Waals surface area contributed by atoms with Crippen molar-refractivity contribution in [1.29, 1.82) is 0 Å². The SMILES string of the molecule is Cc1cc(N2CC(F)(F)C2)nc(N2CCOCC2)n1. The topological polar surface area (TPSA) is 41.5 Å². The molecule has 3 heterocycles. The van der Waals surface area contributed by atoms with Crippen LogP contribution in [0.3, 0.4) is 0 Å². The van der Waals surface area contributed by atoms with Crippen LogP contribution in [0.15, 0.2) is 6.07 Å². The molecule has 2 saturated heterocycles. The number of ether oxygens (including phenoxy) is 1. The van der Waals surface area contributed by atoms with Crippen LogP contribution in [0.2, 0.25) is 0 Å². The Hall–Kier alpha value is -1.50. The van der Waals surface area contributed by atoms with E-state index in [9.17, 15) is 8.78 Å². The molecule has 7 heteroatoms. The first-order valence-corrected chi connectivity index (χ1v) is 6.35. The predicted octanol–water partition coefficient (Wildman–Crippen LogP) is 1.08. The van der Waals surface area contributed by atoms with Gasteiger partial charge >= 0.3 is 0 Å². The zero-order chi connectivity index (χ0) is 13.5. The lowest BCUT2D eigenvalue weighted by molar-refractivity contribution is -0.0267. The van der Waals surface area contributed by atoms with Gasteiger partial charge in [-0.3, -0.25) is 0 Å². The minimum Gasteiger partial charge on any atom is -0.378 e. The average molecular weight is 270 g/mol. The molecule has 2 aliphatic rings. The monoisotopic (exact) mass is 270 g/mol. The summed E-state index contributed by atoms with van der Waals surface area (Å²) in [7, 11) is 0. The molecule has 0 saturated carbocycles. The fourth-order valence-corrected chi connectivity index (χ4v) is 2.28. The van der Waals surface area contributed by atoms with Crippen molar-refractivity contribution in [2.24, 2.45) is 0 Å². The summed E-state index contributed by atoms with van der Waals surface area (Å²) in [6.45, 7) is 4.10. The van der Waals surface area contributed by atoms with E-state index >= 15 is 0 Å². The number of hydrogen-bond acceptors (Lipinski definition) is 5. The van der Waals surface area contributed by atoms with Crippen LogP contribution in [0.1, 0.15) is 5.69 Å². The van der Waals surface area contributed by atoms with Crippen molar-refractivity contribution in [3.05, 3.63) is 11.8 Å². The lowest BCUT2D eigenvalue weighted by Gasteiger charge is -2.40. The molecular weight excluding hydrogens is 254 g/mol. The molecule has 0 radical (unpaired) electrons. The highest BCUT2D eigenvalue weighted by atomic mass is 19.3. The maximum Gasteiger partial charge on any atom is 0.282 e. The van der Waals surface area contributed by atoms with E-state index in [1.807, 2.05) is 11.8 Å². The van der Waals surface area contributed by atoms with Gasteiger partial charge in [-0.2, -0.15) is 4.98 Å². The fourth-order valence-electron chi connectivity index (χ4n) is 2.28. The quantitative estimate of drug-likeness (QED) is 0.804. The lowest BCUT2D eigenvalue weighted by atomic mass is 10.1. The number of aromatic nitrogens is 2. The van der Waals surface area contributed by atoms with E-state index in [1.54, 1.807) is 11.0 Å². The van der Waals surface area contributed by atoms with E-state index in [2.05, 4.69) is 9.97 Å². The Balaban J connectivity index is 1.80. The molecule has 0 aliphatic carbocycles. The number of anilines is 2. The molecule has 0 spiro atoms. The summed E-state index contributed by atoms with van der Waals surface area (Å²) in [5, 5.41) is 0. The highest BCUT2D eigenvalue weighted by molar-refractivity contribution is 5.48. The highest BCUT2D eigenvalue weighted by Crippen LogP contribution is 2.31. The standard InChI is InChI=1S/C12H16F2N4O/c1-9-6-10(18-7-12(13,14)8-18)16-11(15-9)17-2-4-19-5-3-17/h6H,2-5,7-8H2,1H3. The van der Waals surface area contributed by atoms with Crippen LogP contribution in [0.5, 0.6) is 0 Å². The Kier molecular flexibility index (Phi) is 3.00. The van der Waals surface area contributed by atoms with Crippen molar-refractivity contribution in [2.45, 2.75) is 12.8 Å². The largest absolute Gasteiger partial charge is 0.378 e. The molecule has 0 N–H and O–H groups in total. The van der Waals surface area contributed by atoms with Crippen LogP contribution in [-0.4, -0.2) is 55.3 Å². The highest BCUT2D eigenvalue weighted by Gasteiger charge is 2.44. The second kappa shape index (κ2) is 4.56. The van der Waals surface area contributed by atoms with Gasteiger partial charge < -0.3 is 14.5 Å². The number of halogens is 2. The van der Waals surface area contributed by atoms with Gasteiger partial charge in [0.2, 0.25) is 5.95 Å². The first-order valence-electron chi connectivity index (χ1n) is 6.35. The normalized spacial score (nSPS) is 22.3. The summed E-state index contributed by atoms with van der Waals surface area (Å²) < 4.78 is 31.1. The number of alkyl halides is 2. The fraction of sp³-hybridized carbons (Fsp3) is 0.667. The van der Waals surface area contributed by atoms with E-state index in [1.165, 1.54) is 0 Å². The summed E-state index contributed by atoms with van der Waals surface area (Å²) in [5.74, 6) is -1.40. The van der Waals surface area contributed by atoms with Crippen molar-refractivity contribution >= 4 is 11.8 Å². The molecule has 5 nitrogen and oxygen atoms in total. The van der Waals surface area contributed by atoms with Crippen LogP contribution in [0.4, 0.5) is 20.5 Å². The van der Waals surface area contributed by atoms with Crippen LogP contribution in [0, 0.1) is 6.92 Å². The molecule has 19 heavy (non-hydrogen) atoms. The molecule has 1 aromatic heterocycles. The number of nitrogens with zero attached hydrogens (tertiary/aromatic N) is 4. The van der Waals surface area contributed by atoms with Gasteiger partial charge in [0.05, 0.1) is 26.3 Å². The van der Waals surface area contributed by atoms with Gasteiger partial charge in [0.25, 0.3) is 5.92 Å². The van der Waals surface area contributed by atoms with E-state index in [-0.39, 0.29) is 13.1 Å². The summed E-state index contributed by atoms with van der Waals surface area (Å²) >= 11 is 0. The Morgan fingerprint density at radius 1 is 1.16 bits per heavy atom. The third kappa shape index (κ3) is 2.60. The maximum atomic E-state index is 12.9. The van der Waals surface area contributed by atoms with Crippen LogP contribution in [-0.2, 0) is 4.74 Å². The van der Waals surface area contributed by atoms with Crippen LogP contribution < -0.4 is 9.80 Å². The van der Waals surface area contributed by atoms with Gasteiger partial charge in [-0.05, 0) is 6.92 Å². The Labute approximate surface area is 110 Å². The van der Waals surface area contributed by atoms with Crippen LogP contribution in [0.25, 0.3) is 0 Å². The van der Waals surface area contributed by atoms with Crippen molar-refractivity contribution in [1.82, 2.24) is 9.97 Å². The molecule has 104 valence electrons. The van der Waals surface area contributed by atoms with Crippen molar-refractivity contribution in [3.63, 3.8) is 0 Å². The summed E-state index contributed by atoms with van der Waals surface area (Å²) in [4.78, 5) is 12.4. The van der Waals surface area contributed by atoms with Gasteiger partial charge in [0.1, 0.15) is 5.82 Å². The van der Waals surface area contributed by atoms with E-state index < -0.39 is 5.92 Å². The number of morpholine rings is 1. The summed E-state index contributed by atoms with van der Waals surface area (Å²) in [5.41, 5.74) is 0.793. The number of aryl methyl sites for hydroxylation is 1. The molecule has 0 amide bonds. The predicted molar refractivity (Wildman–Crippen MR) is 67.0 cm³/mol. The minimum atomic E-state index is -2.59. The first kappa shape index (κ1) is 12.5. The second-order valence-corrected chi connectivity index (χ2v) is 4.98. The molecule has 3 rings (SSSR count). The molecule has 2 fully saturated rings. The molecule has 0 bridgehead atoms. The maximum absolute atomic E-state index is 12.9. The Morgan fingerprint density at radius 3 is 2.47 bits per heavy atom. The molecule has 0 atom stereocenters. The summed E-state index contributed by atoms with van der Waals surface area (Å²) in [6, 6.07) is 1.75. The smallest absolute Gasteiger partial charge is 0.282 e. The summed E-state index contributed by atoms with van der Waals surface area (Å²) in [6.07, 6.45) is 0. The van der Waals surface area contributed by atoms with Crippen molar-refractivity contribution in [2.75, 3.05) is 49.2 Å². The zero-order valence-electron chi connectivity index (χ0n) is 10.8. The van der Waals surface area contributed by atoms with Gasteiger partial charge in [-0.25, -0.2) is 13.8 Å². The van der Waals surface area contributed by atoms with Crippen molar-refractivity contribution in [3.8, 4) is 0 Å². The van der Waals surface area contributed by atoms with Gasteiger partial charge in [-0.15, -0.1) is 0 Å².